The molecule has 0 fully saturated rings. The van der Waals surface area contributed by atoms with Gasteiger partial charge in [0.25, 0.3) is 11.7 Å². The minimum atomic E-state index is -0.512. The average molecular weight is 277 g/mol. The van der Waals surface area contributed by atoms with Crippen LogP contribution in [0.15, 0.2) is 12.1 Å². The third-order valence-corrected chi connectivity index (χ3v) is 2.97. The molecule has 112 valence electrons. The Labute approximate surface area is 122 Å². The SMILES string of the molecule is CC.CC.CCCCc1cc2c(cc1C)NC(=O)C2=O. The molecular formula is C17H27NO2. The van der Waals surface area contributed by atoms with Crippen LogP contribution < -0.4 is 5.32 Å². The lowest BCUT2D eigenvalue weighted by Crippen LogP contribution is -2.12. The van der Waals surface area contributed by atoms with Gasteiger partial charge >= 0.3 is 0 Å². The largest absolute Gasteiger partial charge is 0.318 e. The van der Waals surface area contributed by atoms with Crippen molar-refractivity contribution in [3.63, 3.8) is 0 Å². The van der Waals surface area contributed by atoms with Crippen molar-refractivity contribution in [1.29, 1.82) is 0 Å². The third-order valence-electron chi connectivity index (χ3n) is 2.97. The molecule has 20 heavy (non-hydrogen) atoms. The lowest BCUT2D eigenvalue weighted by molar-refractivity contribution is -0.112. The first-order valence-electron chi connectivity index (χ1n) is 7.62. The summed E-state index contributed by atoms with van der Waals surface area (Å²) < 4.78 is 0. The van der Waals surface area contributed by atoms with Crippen LogP contribution in [0.2, 0.25) is 0 Å². The highest BCUT2D eigenvalue weighted by Crippen LogP contribution is 2.27. The molecule has 3 nitrogen and oxygen atoms in total. The summed E-state index contributed by atoms with van der Waals surface area (Å²) in [7, 11) is 0. The number of hydrogen-bond acceptors (Lipinski definition) is 2. The molecule has 2 rings (SSSR count). The molecule has 1 aliphatic rings. The summed E-state index contributed by atoms with van der Waals surface area (Å²) in [6.07, 6.45) is 3.20. The summed E-state index contributed by atoms with van der Waals surface area (Å²) in [5, 5.41) is 2.58. The number of unbranched alkanes of at least 4 members (excludes halogenated alkanes) is 1. The van der Waals surface area contributed by atoms with Gasteiger partial charge in [-0.05, 0) is 43.0 Å². The maximum Gasteiger partial charge on any atom is 0.296 e. The number of hydrogen-bond donors (Lipinski definition) is 1. The Balaban J connectivity index is 0.000000829. The van der Waals surface area contributed by atoms with Gasteiger partial charge in [-0.2, -0.15) is 0 Å². The molecular weight excluding hydrogens is 250 g/mol. The molecule has 0 aliphatic carbocycles. The number of amides is 1. The molecule has 3 heteroatoms. The Bertz CT molecular complexity index is 464. The van der Waals surface area contributed by atoms with Gasteiger partial charge in [0.1, 0.15) is 0 Å². The highest BCUT2D eigenvalue weighted by atomic mass is 16.2. The van der Waals surface area contributed by atoms with Crippen LogP contribution in [0.3, 0.4) is 0 Å². The van der Waals surface area contributed by atoms with Gasteiger partial charge in [-0.25, -0.2) is 0 Å². The molecule has 1 N–H and O–H groups in total. The van der Waals surface area contributed by atoms with E-state index in [1.165, 1.54) is 5.56 Å². The fourth-order valence-electron chi connectivity index (χ4n) is 1.98. The summed E-state index contributed by atoms with van der Waals surface area (Å²) >= 11 is 0. The van der Waals surface area contributed by atoms with E-state index < -0.39 is 11.7 Å². The fraction of sp³-hybridized carbons (Fsp3) is 0.529. The van der Waals surface area contributed by atoms with E-state index in [2.05, 4.69) is 12.2 Å². The Hall–Kier alpha value is -1.64. The second-order valence-electron chi connectivity index (χ2n) is 4.21. The maximum atomic E-state index is 11.5. The van der Waals surface area contributed by atoms with E-state index in [1.54, 1.807) is 0 Å². The number of aryl methyl sites for hydroxylation is 2. The van der Waals surface area contributed by atoms with E-state index in [9.17, 15) is 9.59 Å². The number of ketones is 1. The van der Waals surface area contributed by atoms with Gasteiger partial charge < -0.3 is 5.32 Å². The summed E-state index contributed by atoms with van der Waals surface area (Å²) in [5.41, 5.74) is 3.50. The number of anilines is 1. The molecule has 0 unspecified atom stereocenters. The quantitative estimate of drug-likeness (QED) is 0.825. The predicted molar refractivity (Wildman–Crippen MR) is 85.4 cm³/mol. The summed E-state index contributed by atoms with van der Waals surface area (Å²) in [5.74, 6) is -0.921. The number of nitrogens with one attached hydrogen (secondary N) is 1. The Morgan fingerprint density at radius 1 is 1.05 bits per heavy atom. The summed E-state index contributed by atoms with van der Waals surface area (Å²) in [4.78, 5) is 22.7. The first-order valence-corrected chi connectivity index (χ1v) is 7.62. The van der Waals surface area contributed by atoms with Gasteiger partial charge in [0.15, 0.2) is 0 Å². The number of benzene rings is 1. The number of carbonyl (C=O) groups is 2. The smallest absolute Gasteiger partial charge is 0.296 e. The van der Waals surface area contributed by atoms with Gasteiger partial charge in [0.2, 0.25) is 0 Å². The molecule has 1 aromatic rings. The fourth-order valence-corrected chi connectivity index (χ4v) is 1.98. The zero-order valence-electron chi connectivity index (χ0n) is 13.6. The van der Waals surface area contributed by atoms with Crippen molar-refractivity contribution < 1.29 is 9.59 Å². The molecule has 0 saturated carbocycles. The van der Waals surface area contributed by atoms with E-state index in [0.717, 1.165) is 24.8 Å². The number of carbonyl (C=O) groups excluding carboxylic acids is 2. The predicted octanol–water partition coefficient (Wildman–Crippen LogP) is 4.52. The zero-order valence-corrected chi connectivity index (χ0v) is 13.6. The van der Waals surface area contributed by atoms with Crippen molar-refractivity contribution in [1.82, 2.24) is 0 Å². The lowest BCUT2D eigenvalue weighted by Gasteiger charge is -2.07. The first-order chi connectivity index (χ1) is 9.63. The zero-order chi connectivity index (χ0) is 15.7. The van der Waals surface area contributed by atoms with Gasteiger partial charge in [0.05, 0.1) is 11.3 Å². The monoisotopic (exact) mass is 277 g/mol. The van der Waals surface area contributed by atoms with Crippen molar-refractivity contribution in [2.24, 2.45) is 0 Å². The van der Waals surface area contributed by atoms with Crippen LogP contribution in [0.4, 0.5) is 5.69 Å². The van der Waals surface area contributed by atoms with Crippen LogP contribution in [-0.2, 0) is 11.2 Å². The molecule has 0 bridgehead atoms. The lowest BCUT2D eigenvalue weighted by atomic mass is 9.98. The van der Waals surface area contributed by atoms with E-state index in [-0.39, 0.29) is 0 Å². The molecule has 0 spiro atoms. The Kier molecular flexibility index (Phi) is 8.53. The average Bonchev–Trinajstić information content (AvgIpc) is 2.75. The standard InChI is InChI=1S/C13H15NO2.2C2H6/c1-3-4-5-9-7-10-11(6-8(9)2)14-13(16)12(10)15;2*1-2/h6-7H,3-5H2,1-2H3,(H,14,15,16);2*1-2H3. The first kappa shape index (κ1) is 18.4. The van der Waals surface area contributed by atoms with Crippen molar-refractivity contribution in [3.8, 4) is 0 Å². The normalized spacial score (nSPS) is 11.7. The van der Waals surface area contributed by atoms with Crippen molar-refractivity contribution in [2.45, 2.75) is 60.8 Å². The van der Waals surface area contributed by atoms with Gasteiger partial charge in [0, 0.05) is 0 Å². The molecule has 0 radical (unpaired) electrons. The van der Waals surface area contributed by atoms with E-state index in [0.29, 0.717) is 11.3 Å². The molecule has 0 aromatic heterocycles. The molecule has 1 amide bonds. The van der Waals surface area contributed by atoms with Gasteiger partial charge in [-0.15, -0.1) is 0 Å². The Morgan fingerprint density at radius 2 is 1.65 bits per heavy atom. The summed E-state index contributed by atoms with van der Waals surface area (Å²) in [6, 6.07) is 3.75. The molecule has 1 aliphatic heterocycles. The molecule has 1 heterocycles. The van der Waals surface area contributed by atoms with Crippen molar-refractivity contribution in [2.75, 3.05) is 5.32 Å². The second kappa shape index (κ2) is 9.29. The number of fused-ring (bicyclic) bond motifs is 1. The van der Waals surface area contributed by atoms with Crippen molar-refractivity contribution in [3.05, 3.63) is 28.8 Å². The topological polar surface area (TPSA) is 46.2 Å². The molecule has 0 saturated heterocycles. The Morgan fingerprint density at radius 3 is 2.20 bits per heavy atom. The second-order valence-corrected chi connectivity index (χ2v) is 4.21. The van der Waals surface area contributed by atoms with Crippen LogP contribution in [0.25, 0.3) is 0 Å². The minimum absolute atomic E-state index is 0.409. The molecule has 0 atom stereocenters. The van der Waals surface area contributed by atoms with E-state index in [4.69, 9.17) is 0 Å². The molecule has 1 aromatic carbocycles. The maximum absolute atomic E-state index is 11.5. The highest BCUT2D eigenvalue weighted by Gasteiger charge is 2.28. The van der Waals surface area contributed by atoms with Crippen LogP contribution in [0.5, 0.6) is 0 Å². The minimum Gasteiger partial charge on any atom is -0.318 e. The number of Topliss-reactive ketones (excluding diaryl/α,β-unsaturated/α-hetero) is 1. The van der Waals surface area contributed by atoms with E-state index >= 15 is 0 Å². The third kappa shape index (κ3) is 4.19. The van der Waals surface area contributed by atoms with Crippen LogP contribution >= 0.6 is 0 Å². The van der Waals surface area contributed by atoms with Crippen LogP contribution in [0.1, 0.15) is 68.9 Å². The highest BCUT2D eigenvalue weighted by molar-refractivity contribution is 6.51. The van der Waals surface area contributed by atoms with Gasteiger partial charge in [-0.3, -0.25) is 9.59 Å². The van der Waals surface area contributed by atoms with Crippen LogP contribution in [0, 0.1) is 6.92 Å². The summed E-state index contributed by atoms with van der Waals surface area (Å²) in [6.45, 7) is 12.2. The van der Waals surface area contributed by atoms with Gasteiger partial charge in [-0.1, -0.05) is 41.0 Å². The van der Waals surface area contributed by atoms with Crippen molar-refractivity contribution >= 4 is 17.4 Å². The number of rotatable bonds is 3. The van der Waals surface area contributed by atoms with E-state index in [1.807, 2.05) is 46.8 Å². The van der Waals surface area contributed by atoms with Crippen LogP contribution in [-0.4, -0.2) is 11.7 Å².